The smallest absolute Gasteiger partial charge is 0.307 e. The molecule has 0 aromatic heterocycles. The molecule has 1 rings (SSSR count). The number of carbonyl (C=O) groups excluding carboxylic acids is 1. The monoisotopic (exact) mass is 290 g/mol. The van der Waals surface area contributed by atoms with Crippen molar-refractivity contribution < 1.29 is 14.7 Å². The Morgan fingerprint density at radius 3 is 2.69 bits per heavy atom. The first-order valence-electron chi connectivity index (χ1n) is 3.58. The average Bonchev–Trinajstić information content (AvgIpc) is 2.01. The standard InChI is InChI=1S/C9H7IO3/c10-8-2-6(4-9(12)13)1-7(3-8)5-11/h1-3,5H,4H2,(H,12,13). The number of rotatable bonds is 3. The van der Waals surface area contributed by atoms with Gasteiger partial charge in [-0.15, -0.1) is 0 Å². The molecule has 0 atom stereocenters. The van der Waals surface area contributed by atoms with Crippen molar-refractivity contribution in [3.63, 3.8) is 0 Å². The minimum atomic E-state index is -0.890. The van der Waals surface area contributed by atoms with E-state index in [2.05, 4.69) is 0 Å². The Kier molecular flexibility index (Phi) is 3.41. The zero-order valence-electron chi connectivity index (χ0n) is 6.66. The average molecular weight is 290 g/mol. The highest BCUT2D eigenvalue weighted by Gasteiger charge is 2.02. The molecule has 0 fully saturated rings. The van der Waals surface area contributed by atoms with E-state index in [-0.39, 0.29) is 6.42 Å². The molecule has 0 aliphatic heterocycles. The highest BCUT2D eigenvalue weighted by Crippen LogP contribution is 2.11. The summed E-state index contributed by atoms with van der Waals surface area (Å²) in [6.07, 6.45) is 0.672. The number of benzene rings is 1. The van der Waals surface area contributed by atoms with Crippen LogP contribution in [0, 0.1) is 3.57 Å². The Bertz CT molecular complexity index is 347. The molecule has 68 valence electrons. The van der Waals surface area contributed by atoms with E-state index in [1.807, 2.05) is 22.6 Å². The second-order valence-electron chi connectivity index (χ2n) is 2.58. The van der Waals surface area contributed by atoms with E-state index in [0.29, 0.717) is 17.4 Å². The molecule has 0 saturated carbocycles. The van der Waals surface area contributed by atoms with Gasteiger partial charge < -0.3 is 5.11 Å². The van der Waals surface area contributed by atoms with E-state index >= 15 is 0 Å². The van der Waals surface area contributed by atoms with Gasteiger partial charge in [-0.2, -0.15) is 0 Å². The SMILES string of the molecule is O=Cc1cc(I)cc(CC(=O)O)c1. The summed E-state index contributed by atoms with van der Waals surface area (Å²) in [4.78, 5) is 20.8. The first-order chi connectivity index (χ1) is 6.11. The minimum Gasteiger partial charge on any atom is -0.481 e. The van der Waals surface area contributed by atoms with Crippen molar-refractivity contribution in [3.05, 3.63) is 32.9 Å². The van der Waals surface area contributed by atoms with Gasteiger partial charge in [-0.3, -0.25) is 9.59 Å². The fourth-order valence-corrected chi connectivity index (χ4v) is 1.78. The predicted molar refractivity (Wildman–Crippen MR) is 55.9 cm³/mol. The molecule has 1 aromatic carbocycles. The van der Waals surface area contributed by atoms with Crippen molar-refractivity contribution in [1.82, 2.24) is 0 Å². The summed E-state index contributed by atoms with van der Waals surface area (Å²) < 4.78 is 0.874. The number of aliphatic carboxylic acids is 1. The zero-order valence-corrected chi connectivity index (χ0v) is 8.82. The summed E-state index contributed by atoms with van der Waals surface area (Å²) in [7, 11) is 0. The van der Waals surface area contributed by atoms with Gasteiger partial charge in [0.25, 0.3) is 0 Å². The molecule has 0 saturated heterocycles. The third-order valence-corrected chi connectivity index (χ3v) is 2.09. The molecule has 0 unspecified atom stereocenters. The lowest BCUT2D eigenvalue weighted by molar-refractivity contribution is -0.136. The number of aldehydes is 1. The number of hydrogen-bond donors (Lipinski definition) is 1. The summed E-state index contributed by atoms with van der Waals surface area (Å²) in [6.45, 7) is 0. The van der Waals surface area contributed by atoms with Gasteiger partial charge >= 0.3 is 5.97 Å². The van der Waals surface area contributed by atoms with Crippen LogP contribution in [0.25, 0.3) is 0 Å². The molecule has 0 radical (unpaired) electrons. The van der Waals surface area contributed by atoms with Crippen molar-refractivity contribution in [1.29, 1.82) is 0 Å². The van der Waals surface area contributed by atoms with Crippen molar-refractivity contribution in [3.8, 4) is 0 Å². The molecule has 0 aliphatic carbocycles. The van der Waals surface area contributed by atoms with Crippen LogP contribution in [-0.4, -0.2) is 17.4 Å². The largest absolute Gasteiger partial charge is 0.481 e. The molecule has 0 bridgehead atoms. The second-order valence-corrected chi connectivity index (χ2v) is 3.83. The van der Waals surface area contributed by atoms with E-state index in [4.69, 9.17) is 5.11 Å². The van der Waals surface area contributed by atoms with Gasteiger partial charge in [0.2, 0.25) is 0 Å². The van der Waals surface area contributed by atoms with Gasteiger partial charge in [0.05, 0.1) is 6.42 Å². The number of carboxylic acid groups (broad SMARTS) is 1. The second kappa shape index (κ2) is 4.36. The van der Waals surface area contributed by atoms with Crippen LogP contribution in [0.3, 0.4) is 0 Å². The molecule has 0 spiro atoms. The van der Waals surface area contributed by atoms with Crippen molar-refractivity contribution in [2.45, 2.75) is 6.42 Å². The fraction of sp³-hybridized carbons (Fsp3) is 0.111. The van der Waals surface area contributed by atoms with Crippen LogP contribution in [0.2, 0.25) is 0 Å². The summed E-state index contributed by atoms with van der Waals surface area (Å²) >= 11 is 2.05. The van der Waals surface area contributed by atoms with Crippen LogP contribution < -0.4 is 0 Å². The van der Waals surface area contributed by atoms with Crippen molar-refractivity contribution in [2.75, 3.05) is 0 Å². The van der Waals surface area contributed by atoms with Crippen LogP contribution in [-0.2, 0) is 11.2 Å². The molecular formula is C9H7IO3. The molecule has 0 amide bonds. The van der Waals surface area contributed by atoms with Gasteiger partial charge in [0.1, 0.15) is 6.29 Å². The van der Waals surface area contributed by atoms with Crippen LogP contribution in [0.5, 0.6) is 0 Å². The van der Waals surface area contributed by atoms with Gasteiger partial charge in [-0.05, 0) is 46.4 Å². The van der Waals surface area contributed by atoms with Crippen LogP contribution in [0.1, 0.15) is 15.9 Å². The van der Waals surface area contributed by atoms with Crippen LogP contribution in [0.15, 0.2) is 18.2 Å². The molecule has 13 heavy (non-hydrogen) atoms. The predicted octanol–water partition coefficient (Wildman–Crippen LogP) is 1.73. The van der Waals surface area contributed by atoms with Gasteiger partial charge in [0.15, 0.2) is 0 Å². The van der Waals surface area contributed by atoms with E-state index in [1.165, 1.54) is 0 Å². The third-order valence-electron chi connectivity index (χ3n) is 1.47. The van der Waals surface area contributed by atoms with Gasteiger partial charge in [0, 0.05) is 9.13 Å². The van der Waals surface area contributed by atoms with Crippen molar-refractivity contribution in [2.24, 2.45) is 0 Å². The molecule has 3 nitrogen and oxygen atoms in total. The number of carboxylic acids is 1. The molecule has 0 heterocycles. The van der Waals surface area contributed by atoms with Crippen LogP contribution >= 0.6 is 22.6 Å². The zero-order chi connectivity index (χ0) is 9.84. The molecule has 1 N–H and O–H groups in total. The lowest BCUT2D eigenvalue weighted by Crippen LogP contribution is -2.01. The molecule has 0 aliphatic rings. The fourth-order valence-electron chi connectivity index (χ4n) is 1.02. The normalized spacial score (nSPS) is 9.62. The Morgan fingerprint density at radius 1 is 1.46 bits per heavy atom. The molecule has 4 heteroatoms. The maximum atomic E-state index is 10.4. The van der Waals surface area contributed by atoms with E-state index < -0.39 is 5.97 Å². The lowest BCUT2D eigenvalue weighted by Gasteiger charge is -1.99. The van der Waals surface area contributed by atoms with E-state index in [9.17, 15) is 9.59 Å². The molecular weight excluding hydrogens is 283 g/mol. The maximum absolute atomic E-state index is 10.4. The van der Waals surface area contributed by atoms with Gasteiger partial charge in [-0.1, -0.05) is 0 Å². The maximum Gasteiger partial charge on any atom is 0.307 e. The Morgan fingerprint density at radius 2 is 2.15 bits per heavy atom. The number of carbonyl (C=O) groups is 2. The third kappa shape index (κ3) is 3.14. The van der Waals surface area contributed by atoms with E-state index in [0.717, 1.165) is 3.57 Å². The van der Waals surface area contributed by atoms with Crippen LogP contribution in [0.4, 0.5) is 0 Å². The summed E-state index contributed by atoms with van der Waals surface area (Å²) in [5, 5.41) is 8.53. The minimum absolute atomic E-state index is 0.0440. The highest BCUT2D eigenvalue weighted by atomic mass is 127. The summed E-state index contributed by atoms with van der Waals surface area (Å²) in [5.74, 6) is -0.890. The number of hydrogen-bond acceptors (Lipinski definition) is 2. The molecule has 1 aromatic rings. The Balaban J connectivity index is 3.01. The first-order valence-corrected chi connectivity index (χ1v) is 4.66. The topological polar surface area (TPSA) is 54.4 Å². The first kappa shape index (κ1) is 10.2. The highest BCUT2D eigenvalue weighted by molar-refractivity contribution is 14.1. The number of halogens is 1. The quantitative estimate of drug-likeness (QED) is 0.681. The Labute approximate surface area is 88.9 Å². The summed E-state index contributed by atoms with van der Waals surface area (Å²) in [5.41, 5.74) is 1.17. The van der Waals surface area contributed by atoms with Gasteiger partial charge in [-0.25, -0.2) is 0 Å². The van der Waals surface area contributed by atoms with E-state index in [1.54, 1.807) is 18.2 Å². The van der Waals surface area contributed by atoms with Crippen molar-refractivity contribution >= 4 is 34.8 Å². The Hall–Kier alpha value is -0.910. The lowest BCUT2D eigenvalue weighted by atomic mass is 10.1. The summed E-state index contributed by atoms with van der Waals surface area (Å²) in [6, 6.07) is 5.05.